The first kappa shape index (κ1) is 55.1. The van der Waals surface area contributed by atoms with E-state index in [0.717, 1.165) is 66.0 Å². The van der Waals surface area contributed by atoms with Crippen molar-refractivity contribution in [2.45, 2.75) is 200 Å². The molecule has 64 heavy (non-hydrogen) atoms. The highest BCUT2D eigenvalue weighted by Crippen LogP contribution is 2.43. The number of unbranched alkanes of at least 4 members (excludes halogenated alkanes) is 24. The number of esters is 2. The Bertz CT molecular complexity index is 1780. The number of carbonyl (C=O) groups excluding carboxylic acids is 2. The van der Waals surface area contributed by atoms with Gasteiger partial charge in [-0.1, -0.05) is 174 Å². The van der Waals surface area contributed by atoms with Gasteiger partial charge in [0.15, 0.2) is 11.2 Å². The topological polar surface area (TPSA) is 158 Å². The van der Waals surface area contributed by atoms with Crippen LogP contribution in [-0.4, -0.2) is 64.4 Å². The lowest BCUT2D eigenvalue weighted by molar-refractivity contribution is -0.161. The van der Waals surface area contributed by atoms with E-state index >= 15 is 0 Å². The fourth-order valence-corrected chi connectivity index (χ4v) is 8.74. The fraction of sp³-hybridized carbons (Fsp3) is 0.700. The zero-order valence-corrected chi connectivity index (χ0v) is 41.0. The Morgan fingerprint density at radius 2 is 1.14 bits per heavy atom. The van der Waals surface area contributed by atoms with Crippen molar-refractivity contribution in [2.24, 2.45) is 0 Å². The second-order valence-corrected chi connectivity index (χ2v) is 19.0. The highest BCUT2D eigenvalue weighted by atomic mass is 32.1. The molecule has 0 saturated heterocycles. The Kier molecular flexibility index (Phi) is 30.2. The molecule has 360 valence electrons. The number of hydrogen-bond acceptors (Lipinski definition) is 10. The summed E-state index contributed by atoms with van der Waals surface area (Å²) in [6, 6.07) is 9.50. The van der Waals surface area contributed by atoms with Crippen LogP contribution in [0.25, 0.3) is 21.8 Å². The number of aromatic nitrogens is 2. The lowest BCUT2D eigenvalue weighted by Crippen LogP contribution is -2.31. The summed E-state index contributed by atoms with van der Waals surface area (Å²) in [5, 5.41) is 8.17. The SMILES string of the molecule is CCCCCCCCCCCCCCCC(=O)OC[C@H](COP(=O)(O)OCCNC(=S)Nc1cc2cccnc2c2ncccc12)OC(=O)CCCCCCCCCCCCCCC. The maximum Gasteiger partial charge on any atom is 0.472 e. The second-order valence-electron chi connectivity index (χ2n) is 17.2. The summed E-state index contributed by atoms with van der Waals surface area (Å²) in [6.45, 7) is 3.62. The van der Waals surface area contributed by atoms with E-state index in [-0.39, 0.29) is 37.7 Å². The van der Waals surface area contributed by atoms with Crippen LogP contribution in [-0.2, 0) is 32.7 Å². The van der Waals surface area contributed by atoms with Crippen molar-refractivity contribution in [1.82, 2.24) is 15.3 Å². The summed E-state index contributed by atoms with van der Waals surface area (Å²) in [7, 11) is -4.57. The number of hydrogen-bond donors (Lipinski definition) is 3. The quantitative estimate of drug-likeness (QED) is 0.0163. The lowest BCUT2D eigenvalue weighted by Gasteiger charge is -2.20. The number of benzene rings is 1. The zero-order chi connectivity index (χ0) is 45.9. The Balaban J connectivity index is 1.37. The minimum absolute atomic E-state index is 0.0966. The van der Waals surface area contributed by atoms with Crippen molar-refractivity contribution in [3.8, 4) is 0 Å². The van der Waals surface area contributed by atoms with E-state index in [1.165, 1.54) is 122 Å². The van der Waals surface area contributed by atoms with Crippen molar-refractivity contribution < 1.29 is 37.6 Å². The lowest BCUT2D eigenvalue weighted by atomic mass is 10.0. The number of phosphoric ester groups is 1. The first-order valence-corrected chi connectivity index (χ1v) is 26.8. The van der Waals surface area contributed by atoms with Crippen LogP contribution < -0.4 is 10.6 Å². The number of nitrogens with zero attached hydrogens (tertiary/aromatic N) is 2. The van der Waals surface area contributed by atoms with Gasteiger partial charge in [-0.05, 0) is 49.3 Å². The van der Waals surface area contributed by atoms with Crippen LogP contribution in [0.5, 0.6) is 0 Å². The van der Waals surface area contributed by atoms with Crippen LogP contribution in [0, 0.1) is 0 Å². The van der Waals surface area contributed by atoms with Gasteiger partial charge in [0.1, 0.15) is 6.61 Å². The molecule has 3 aromatic rings. The Hall–Kier alpha value is -3.22. The third-order valence-corrected chi connectivity index (χ3v) is 12.7. The predicted octanol–water partition coefficient (Wildman–Crippen LogP) is 13.6. The van der Waals surface area contributed by atoms with E-state index in [2.05, 4.69) is 34.4 Å². The first-order chi connectivity index (χ1) is 31.2. The zero-order valence-electron chi connectivity index (χ0n) is 39.3. The number of nitrogens with one attached hydrogen (secondary N) is 2. The molecule has 0 radical (unpaired) electrons. The van der Waals surface area contributed by atoms with Crippen LogP contribution in [0.15, 0.2) is 42.7 Å². The third-order valence-electron chi connectivity index (χ3n) is 11.5. The molecule has 0 saturated carbocycles. The molecule has 0 bridgehead atoms. The van der Waals surface area contributed by atoms with Crippen LogP contribution in [0.1, 0.15) is 194 Å². The molecule has 0 aliphatic heterocycles. The Morgan fingerprint density at radius 3 is 1.69 bits per heavy atom. The molecule has 3 rings (SSSR count). The smallest absolute Gasteiger partial charge is 0.462 e. The van der Waals surface area contributed by atoms with E-state index in [4.69, 9.17) is 30.7 Å². The number of ether oxygens (including phenoxy) is 2. The molecular weight excluding hydrogens is 848 g/mol. The van der Waals surface area contributed by atoms with Crippen molar-refractivity contribution in [3.63, 3.8) is 0 Å². The van der Waals surface area contributed by atoms with Gasteiger partial charge >= 0.3 is 19.8 Å². The summed E-state index contributed by atoms with van der Waals surface area (Å²) < 4.78 is 34.4. The average molecular weight is 929 g/mol. The number of thiocarbonyl (C=S) groups is 1. The predicted molar refractivity (Wildman–Crippen MR) is 264 cm³/mol. The minimum atomic E-state index is -4.57. The third kappa shape index (κ3) is 25.5. The molecule has 1 unspecified atom stereocenters. The molecule has 1 aromatic carbocycles. The standard InChI is InChI=1S/C50H81N4O8PS/c1-3-5-7-9-11-13-15-17-19-21-23-25-27-33-46(55)59-40-43(62-47(56)34-28-26-24-22-20-18-16-14-12-10-8-6-4-2)41-61-63(57,58)60-38-37-53-50(64)54-45-39-42-31-29-35-51-48(42)49-44(45)32-30-36-52-49/h29-32,35-36,39,43H,3-28,33-34,37-38,40-41H2,1-2H3,(H,57,58)(H2,53,54,64)/t43-/m1/s1. The van der Waals surface area contributed by atoms with Gasteiger partial charge in [0, 0.05) is 42.6 Å². The summed E-state index contributed by atoms with van der Waals surface area (Å²) in [5.41, 5.74) is 2.25. The van der Waals surface area contributed by atoms with Gasteiger partial charge in [0.05, 0.1) is 29.9 Å². The molecule has 2 atom stereocenters. The molecule has 0 spiro atoms. The van der Waals surface area contributed by atoms with Gasteiger partial charge in [-0.25, -0.2) is 4.57 Å². The summed E-state index contributed by atoms with van der Waals surface area (Å²) >= 11 is 5.50. The van der Waals surface area contributed by atoms with Crippen molar-refractivity contribution in [3.05, 3.63) is 42.7 Å². The normalized spacial score (nSPS) is 12.9. The van der Waals surface area contributed by atoms with E-state index in [1.807, 2.05) is 30.3 Å². The summed E-state index contributed by atoms with van der Waals surface area (Å²) in [6.07, 6.45) is 34.1. The van der Waals surface area contributed by atoms with Gasteiger partial charge in [-0.2, -0.15) is 0 Å². The molecule has 12 nitrogen and oxygen atoms in total. The van der Waals surface area contributed by atoms with Crippen molar-refractivity contribution >= 4 is 64.6 Å². The number of rotatable bonds is 39. The van der Waals surface area contributed by atoms with Gasteiger partial charge in [0.25, 0.3) is 0 Å². The Morgan fingerprint density at radius 1 is 0.656 bits per heavy atom. The van der Waals surface area contributed by atoms with Gasteiger partial charge in [-0.3, -0.25) is 28.6 Å². The summed E-state index contributed by atoms with van der Waals surface area (Å²) in [4.78, 5) is 45.0. The van der Waals surface area contributed by atoms with E-state index in [9.17, 15) is 19.0 Å². The van der Waals surface area contributed by atoms with Crippen LogP contribution in [0.2, 0.25) is 0 Å². The monoisotopic (exact) mass is 929 g/mol. The van der Waals surface area contributed by atoms with Crippen molar-refractivity contribution in [1.29, 1.82) is 0 Å². The largest absolute Gasteiger partial charge is 0.472 e. The summed E-state index contributed by atoms with van der Waals surface area (Å²) in [5.74, 6) is -0.862. The first-order valence-electron chi connectivity index (χ1n) is 24.9. The van der Waals surface area contributed by atoms with E-state index < -0.39 is 32.5 Å². The van der Waals surface area contributed by atoms with Crippen LogP contribution >= 0.6 is 20.0 Å². The van der Waals surface area contributed by atoms with Gasteiger partial charge in [0.2, 0.25) is 0 Å². The highest BCUT2D eigenvalue weighted by molar-refractivity contribution is 7.80. The molecule has 3 N–H and O–H groups in total. The number of anilines is 1. The number of carbonyl (C=O) groups is 2. The van der Waals surface area contributed by atoms with Crippen LogP contribution in [0.3, 0.4) is 0 Å². The van der Waals surface area contributed by atoms with Gasteiger partial charge < -0.3 is 25.0 Å². The maximum atomic E-state index is 12.9. The molecule has 14 heteroatoms. The molecule has 2 heterocycles. The fourth-order valence-electron chi connectivity index (χ4n) is 7.78. The molecular formula is C50H81N4O8PS. The number of phosphoric acid groups is 1. The van der Waals surface area contributed by atoms with E-state index in [0.29, 0.717) is 6.42 Å². The second kappa shape index (κ2) is 35.0. The number of pyridine rings is 2. The molecule has 0 fully saturated rings. The van der Waals surface area contributed by atoms with E-state index in [1.54, 1.807) is 12.4 Å². The highest BCUT2D eigenvalue weighted by Gasteiger charge is 2.26. The molecule has 2 aromatic heterocycles. The van der Waals surface area contributed by atoms with Crippen molar-refractivity contribution in [2.75, 3.05) is 31.7 Å². The maximum absolute atomic E-state index is 12.9. The number of fused-ring (bicyclic) bond motifs is 3. The molecule has 0 aliphatic carbocycles. The van der Waals surface area contributed by atoms with Gasteiger partial charge in [-0.15, -0.1) is 0 Å². The minimum Gasteiger partial charge on any atom is -0.462 e. The Labute approximate surface area is 390 Å². The molecule has 0 amide bonds. The van der Waals surface area contributed by atoms with Crippen LogP contribution in [0.4, 0.5) is 5.69 Å². The molecule has 0 aliphatic rings. The average Bonchev–Trinajstić information content (AvgIpc) is 3.29.